The number of fused-ring (bicyclic) bond motifs is 5. The first-order valence-electron chi connectivity index (χ1n) is 16.0. The number of allylic oxidation sites excluding steroid dienone is 3. The van der Waals surface area contributed by atoms with Gasteiger partial charge in [-0.25, -0.2) is 8.42 Å². The third kappa shape index (κ3) is 5.28. The molecule has 3 fully saturated rings. The third-order valence-corrected chi connectivity index (χ3v) is 14.9. The molecule has 4 aliphatic rings. The summed E-state index contributed by atoms with van der Waals surface area (Å²) in [6.45, 7) is 6.18. The molecule has 5 nitrogen and oxygen atoms in total. The van der Waals surface area contributed by atoms with E-state index in [1.54, 1.807) is 0 Å². The van der Waals surface area contributed by atoms with E-state index < -0.39 is 67.2 Å². The molecule has 0 heterocycles. The lowest BCUT2D eigenvalue weighted by Crippen LogP contribution is -2.66. The molecular formula is C34H44F6O5S. The molecule has 1 aromatic rings. The van der Waals surface area contributed by atoms with Gasteiger partial charge in [0, 0.05) is 5.92 Å². The van der Waals surface area contributed by atoms with Crippen molar-refractivity contribution in [3.8, 4) is 0 Å². The fraction of sp³-hybridized carbons (Fsp3) is 0.706. The first-order valence-corrected chi connectivity index (χ1v) is 17.6. The van der Waals surface area contributed by atoms with Crippen LogP contribution in [0.5, 0.6) is 0 Å². The molecule has 1 aromatic carbocycles. The minimum atomic E-state index is -6.27. The van der Waals surface area contributed by atoms with Gasteiger partial charge in [-0.3, -0.25) is 0 Å². The summed E-state index contributed by atoms with van der Waals surface area (Å²) in [5.74, 6) is -4.15. The molecule has 0 radical (unpaired) electrons. The summed E-state index contributed by atoms with van der Waals surface area (Å²) in [6, 6.07) is 6.14. The second-order valence-corrected chi connectivity index (χ2v) is 16.8. The minimum absolute atomic E-state index is 0.0382. The average molecular weight is 679 g/mol. The van der Waals surface area contributed by atoms with Gasteiger partial charge in [-0.1, -0.05) is 69.2 Å². The SMILES string of the molecule is C[C@H](C(O)C([C@H](C)C(O)(C(F)(F)F)C(F)(F)F)S(=O)(=O)c1ccccc1)[C@H]1CC[C@H]2C3=CC=C4C[C@@H](O)CC[C@]4(C)[C@H]3CC[C@]12C. The van der Waals surface area contributed by atoms with Crippen molar-refractivity contribution in [1.82, 2.24) is 0 Å². The maximum atomic E-state index is 14.1. The van der Waals surface area contributed by atoms with Crippen LogP contribution in [-0.2, 0) is 9.84 Å². The zero-order valence-corrected chi connectivity index (χ0v) is 27.3. The van der Waals surface area contributed by atoms with Crippen molar-refractivity contribution < 1.29 is 50.1 Å². The molecule has 3 N–H and O–H groups in total. The number of aliphatic hydroxyl groups is 3. The fourth-order valence-corrected chi connectivity index (χ4v) is 12.1. The van der Waals surface area contributed by atoms with E-state index in [0.717, 1.165) is 25.0 Å². The Labute approximate surface area is 266 Å². The summed E-state index contributed by atoms with van der Waals surface area (Å²) in [6.07, 6.45) is -6.07. The molecule has 0 saturated heterocycles. The molecule has 0 amide bonds. The van der Waals surface area contributed by atoms with E-state index in [0.29, 0.717) is 39.0 Å². The van der Waals surface area contributed by atoms with Crippen LogP contribution in [0.1, 0.15) is 72.6 Å². The molecule has 0 spiro atoms. The van der Waals surface area contributed by atoms with Crippen LogP contribution in [0, 0.1) is 40.4 Å². The van der Waals surface area contributed by atoms with E-state index in [2.05, 4.69) is 19.1 Å². The third-order valence-electron chi connectivity index (χ3n) is 12.6. The Kier molecular flexibility index (Phi) is 8.95. The molecule has 4 aliphatic carbocycles. The molecule has 3 saturated carbocycles. The molecule has 5 rings (SSSR count). The molecule has 0 aromatic heterocycles. The molecule has 0 aliphatic heterocycles. The Hall–Kier alpha value is -1.89. The highest BCUT2D eigenvalue weighted by molar-refractivity contribution is 7.92. The van der Waals surface area contributed by atoms with Gasteiger partial charge in [0.25, 0.3) is 5.60 Å². The number of alkyl halides is 6. The van der Waals surface area contributed by atoms with Gasteiger partial charge in [-0.2, -0.15) is 26.3 Å². The zero-order valence-electron chi connectivity index (χ0n) is 26.4. The quantitative estimate of drug-likeness (QED) is 0.266. The van der Waals surface area contributed by atoms with Gasteiger partial charge in [0.15, 0.2) is 9.84 Å². The molecule has 46 heavy (non-hydrogen) atoms. The van der Waals surface area contributed by atoms with E-state index >= 15 is 0 Å². The normalized spacial score (nSPS) is 34.7. The topological polar surface area (TPSA) is 94.8 Å². The lowest BCUT2D eigenvalue weighted by atomic mass is 9.50. The lowest BCUT2D eigenvalue weighted by Gasteiger charge is -2.55. The smallest absolute Gasteiger partial charge is 0.393 e. The Morgan fingerprint density at radius 3 is 2.07 bits per heavy atom. The van der Waals surface area contributed by atoms with Crippen LogP contribution >= 0.6 is 0 Å². The van der Waals surface area contributed by atoms with Gasteiger partial charge in [-0.05, 0) is 91.6 Å². The van der Waals surface area contributed by atoms with E-state index in [-0.39, 0.29) is 23.4 Å². The maximum absolute atomic E-state index is 14.1. The molecule has 10 atom stereocenters. The summed E-state index contributed by atoms with van der Waals surface area (Å²) in [4.78, 5) is -0.540. The van der Waals surface area contributed by atoms with Gasteiger partial charge in [-0.15, -0.1) is 0 Å². The van der Waals surface area contributed by atoms with E-state index in [9.17, 15) is 50.1 Å². The van der Waals surface area contributed by atoms with Crippen molar-refractivity contribution in [2.24, 2.45) is 40.4 Å². The van der Waals surface area contributed by atoms with Crippen LogP contribution < -0.4 is 0 Å². The van der Waals surface area contributed by atoms with Crippen LogP contribution in [0.2, 0.25) is 0 Å². The monoisotopic (exact) mass is 678 g/mol. The Morgan fingerprint density at radius 1 is 0.870 bits per heavy atom. The average Bonchev–Trinajstić information content (AvgIpc) is 3.33. The van der Waals surface area contributed by atoms with Crippen molar-refractivity contribution in [2.45, 2.75) is 113 Å². The Balaban J connectivity index is 1.53. The number of hydrogen-bond acceptors (Lipinski definition) is 5. The van der Waals surface area contributed by atoms with Gasteiger partial charge in [0.1, 0.15) is 0 Å². The van der Waals surface area contributed by atoms with Gasteiger partial charge in [0.2, 0.25) is 0 Å². The first kappa shape index (κ1) is 35.4. The van der Waals surface area contributed by atoms with Crippen LogP contribution in [0.25, 0.3) is 0 Å². The summed E-state index contributed by atoms with van der Waals surface area (Å²) < 4.78 is 113. The van der Waals surface area contributed by atoms with Gasteiger partial charge >= 0.3 is 12.4 Å². The molecule has 12 heteroatoms. The zero-order chi connectivity index (χ0) is 34.3. The predicted octanol–water partition coefficient (Wildman–Crippen LogP) is 7.18. The molecule has 258 valence electrons. The predicted molar refractivity (Wildman–Crippen MR) is 160 cm³/mol. The summed E-state index contributed by atoms with van der Waals surface area (Å²) in [7, 11) is -5.02. The molecule has 2 unspecified atom stereocenters. The van der Waals surface area contributed by atoms with Crippen molar-refractivity contribution in [1.29, 1.82) is 0 Å². The minimum Gasteiger partial charge on any atom is -0.393 e. The number of rotatable bonds is 7. The second kappa shape index (κ2) is 11.6. The van der Waals surface area contributed by atoms with Crippen molar-refractivity contribution in [2.75, 3.05) is 0 Å². The number of hydrogen-bond donors (Lipinski definition) is 3. The first-order chi connectivity index (χ1) is 21.1. The van der Waals surface area contributed by atoms with Crippen LogP contribution in [0.4, 0.5) is 26.3 Å². The largest absolute Gasteiger partial charge is 0.426 e. The highest BCUT2D eigenvalue weighted by atomic mass is 32.2. The van der Waals surface area contributed by atoms with E-state index in [1.807, 2.05) is 6.92 Å². The Bertz CT molecular complexity index is 1460. The highest BCUT2D eigenvalue weighted by Crippen LogP contribution is 2.66. The number of halogens is 6. The number of aliphatic hydroxyl groups excluding tert-OH is 2. The standard InChI is InChI=1S/C34H44F6O5S/c1-19(25-12-13-26-24-11-10-21-18-22(41)14-16-30(21,3)27(24)15-17-31(25,26)4)28(42)29(46(44,45)23-8-6-5-7-9-23)20(2)32(43,33(35,36)37)34(38,39)40/h5-11,19-20,22,25-29,41-43H,12-18H2,1-4H3/t19-,20-,22-,25+,26-,27-,28?,29?,30-,31+/m0/s1. The second-order valence-electron chi connectivity index (χ2n) is 14.7. The van der Waals surface area contributed by atoms with Gasteiger partial charge < -0.3 is 15.3 Å². The van der Waals surface area contributed by atoms with Crippen molar-refractivity contribution in [3.63, 3.8) is 0 Å². The Morgan fingerprint density at radius 2 is 1.48 bits per heavy atom. The van der Waals surface area contributed by atoms with Crippen LogP contribution in [0.3, 0.4) is 0 Å². The number of benzene rings is 1. The summed E-state index contributed by atoms with van der Waals surface area (Å²) in [5.41, 5.74) is -3.55. The lowest BCUT2D eigenvalue weighted by molar-refractivity contribution is -0.384. The van der Waals surface area contributed by atoms with Gasteiger partial charge in [0.05, 0.1) is 22.4 Å². The summed E-state index contributed by atoms with van der Waals surface area (Å²) in [5, 5.41) is 29.8. The number of sulfone groups is 1. The fourth-order valence-electron chi connectivity index (χ4n) is 9.85. The van der Waals surface area contributed by atoms with Crippen LogP contribution in [0.15, 0.2) is 58.5 Å². The maximum Gasteiger partial charge on any atom is 0.426 e. The highest BCUT2D eigenvalue weighted by Gasteiger charge is 2.75. The van der Waals surface area contributed by atoms with E-state index in [4.69, 9.17) is 0 Å². The van der Waals surface area contributed by atoms with Crippen LogP contribution in [-0.4, -0.2) is 59.1 Å². The molecule has 0 bridgehead atoms. The molecular weight excluding hydrogens is 634 g/mol. The summed E-state index contributed by atoms with van der Waals surface area (Å²) >= 11 is 0. The van der Waals surface area contributed by atoms with E-state index in [1.165, 1.54) is 36.3 Å². The van der Waals surface area contributed by atoms with Crippen molar-refractivity contribution >= 4 is 9.84 Å². The van der Waals surface area contributed by atoms with Crippen molar-refractivity contribution in [3.05, 3.63) is 53.6 Å².